The number of carboxylic acids is 1. The lowest BCUT2D eigenvalue weighted by Crippen LogP contribution is -2.24. The van der Waals surface area contributed by atoms with Crippen LogP contribution in [0, 0.1) is 5.82 Å². The van der Waals surface area contributed by atoms with Crippen molar-refractivity contribution in [1.29, 1.82) is 0 Å². The van der Waals surface area contributed by atoms with E-state index in [1.54, 1.807) is 12.1 Å². The molecule has 1 aromatic carbocycles. The molecule has 0 aliphatic heterocycles. The molecule has 0 radical (unpaired) electrons. The number of hydrogen-bond donors (Lipinski definition) is 1. The Kier molecular flexibility index (Phi) is 6.18. The quantitative estimate of drug-likeness (QED) is 0.781. The van der Waals surface area contributed by atoms with Crippen LogP contribution in [0.15, 0.2) is 24.3 Å². The standard InChI is InChI=1S/C15H20FNO3/c1-11(2)20-10-9-17(3)14-6-4-5-13(16)12(14)7-8-15(18)19/h4-8,11H,9-10H2,1-3H3,(H,18,19)/b8-7+. The molecule has 0 bridgehead atoms. The van der Waals surface area contributed by atoms with Crippen LogP contribution in [0.5, 0.6) is 0 Å². The van der Waals surface area contributed by atoms with Gasteiger partial charge < -0.3 is 14.7 Å². The minimum absolute atomic E-state index is 0.141. The number of nitrogens with zero attached hydrogens (tertiary/aromatic N) is 1. The average molecular weight is 281 g/mol. The van der Waals surface area contributed by atoms with Crippen molar-refractivity contribution in [2.45, 2.75) is 20.0 Å². The third-order valence-electron chi connectivity index (χ3n) is 2.71. The second kappa shape index (κ2) is 7.65. The third kappa shape index (κ3) is 5.01. The fourth-order valence-electron chi connectivity index (χ4n) is 1.72. The number of anilines is 1. The van der Waals surface area contributed by atoms with E-state index in [1.807, 2.05) is 25.8 Å². The molecular weight excluding hydrogens is 261 g/mol. The van der Waals surface area contributed by atoms with Crippen molar-refractivity contribution in [3.8, 4) is 0 Å². The normalized spacial score (nSPS) is 11.2. The van der Waals surface area contributed by atoms with Crippen molar-refractivity contribution in [2.24, 2.45) is 0 Å². The lowest BCUT2D eigenvalue weighted by Gasteiger charge is -2.22. The van der Waals surface area contributed by atoms with E-state index in [9.17, 15) is 9.18 Å². The highest BCUT2D eigenvalue weighted by molar-refractivity contribution is 5.87. The zero-order valence-corrected chi connectivity index (χ0v) is 12.0. The summed E-state index contributed by atoms with van der Waals surface area (Å²) in [5.74, 6) is -1.55. The molecule has 0 saturated carbocycles. The molecule has 0 heterocycles. The predicted molar refractivity (Wildman–Crippen MR) is 77.4 cm³/mol. The fraction of sp³-hybridized carbons (Fsp3) is 0.400. The molecule has 110 valence electrons. The minimum Gasteiger partial charge on any atom is -0.478 e. The number of ether oxygens (including phenoxy) is 1. The van der Waals surface area contributed by atoms with E-state index in [4.69, 9.17) is 9.84 Å². The van der Waals surface area contributed by atoms with Gasteiger partial charge in [0.2, 0.25) is 0 Å². The highest BCUT2D eigenvalue weighted by Crippen LogP contribution is 2.23. The molecule has 0 aliphatic carbocycles. The largest absolute Gasteiger partial charge is 0.478 e. The number of carboxylic acid groups (broad SMARTS) is 1. The van der Waals surface area contributed by atoms with E-state index in [2.05, 4.69) is 0 Å². The first-order chi connectivity index (χ1) is 9.41. The Bertz CT molecular complexity index is 486. The molecule has 4 nitrogen and oxygen atoms in total. The summed E-state index contributed by atoms with van der Waals surface area (Å²) in [6.07, 6.45) is 2.34. The van der Waals surface area contributed by atoms with E-state index in [-0.39, 0.29) is 11.7 Å². The molecular formula is C15H20FNO3. The zero-order valence-electron chi connectivity index (χ0n) is 12.0. The molecule has 1 rings (SSSR count). The highest BCUT2D eigenvalue weighted by atomic mass is 19.1. The first-order valence-electron chi connectivity index (χ1n) is 6.44. The van der Waals surface area contributed by atoms with Crippen LogP contribution in [0.25, 0.3) is 6.08 Å². The topological polar surface area (TPSA) is 49.8 Å². The number of carbonyl (C=O) groups is 1. The van der Waals surface area contributed by atoms with Crippen molar-refractivity contribution < 1.29 is 19.0 Å². The summed E-state index contributed by atoms with van der Waals surface area (Å²) in [6, 6.07) is 4.66. The maximum atomic E-state index is 13.8. The zero-order chi connectivity index (χ0) is 15.1. The third-order valence-corrected chi connectivity index (χ3v) is 2.71. The fourth-order valence-corrected chi connectivity index (χ4v) is 1.72. The van der Waals surface area contributed by atoms with Gasteiger partial charge in [-0.3, -0.25) is 0 Å². The number of aliphatic carboxylic acids is 1. The lowest BCUT2D eigenvalue weighted by molar-refractivity contribution is -0.131. The Morgan fingerprint density at radius 3 is 2.80 bits per heavy atom. The molecule has 0 amide bonds. The monoisotopic (exact) mass is 281 g/mol. The SMILES string of the molecule is CC(C)OCCN(C)c1cccc(F)c1/C=C/C(=O)O. The molecule has 0 aliphatic rings. The van der Waals surface area contributed by atoms with E-state index >= 15 is 0 Å². The Morgan fingerprint density at radius 1 is 1.50 bits per heavy atom. The van der Waals surface area contributed by atoms with Gasteiger partial charge in [0, 0.05) is 30.9 Å². The van der Waals surface area contributed by atoms with Gasteiger partial charge in [-0.15, -0.1) is 0 Å². The number of likely N-dealkylation sites (N-methyl/N-ethyl adjacent to an activating group) is 1. The minimum atomic E-state index is -1.11. The predicted octanol–water partition coefficient (Wildman–Crippen LogP) is 2.78. The van der Waals surface area contributed by atoms with Crippen LogP contribution in [0.3, 0.4) is 0 Å². The van der Waals surface area contributed by atoms with Crippen molar-refractivity contribution in [3.05, 3.63) is 35.7 Å². The Labute approximate surface area is 118 Å². The van der Waals surface area contributed by atoms with Crippen LogP contribution < -0.4 is 4.90 Å². The number of rotatable bonds is 7. The smallest absolute Gasteiger partial charge is 0.328 e. The summed E-state index contributed by atoms with van der Waals surface area (Å²) in [7, 11) is 1.82. The van der Waals surface area contributed by atoms with Gasteiger partial charge in [0.05, 0.1) is 12.7 Å². The second-order valence-electron chi connectivity index (χ2n) is 4.69. The summed E-state index contributed by atoms with van der Waals surface area (Å²) >= 11 is 0. The molecule has 0 saturated heterocycles. The van der Waals surface area contributed by atoms with Crippen molar-refractivity contribution in [2.75, 3.05) is 25.1 Å². The first kappa shape index (κ1) is 16.2. The molecule has 0 atom stereocenters. The molecule has 20 heavy (non-hydrogen) atoms. The van der Waals surface area contributed by atoms with E-state index in [0.29, 0.717) is 18.8 Å². The Hall–Kier alpha value is -1.88. The number of benzene rings is 1. The molecule has 5 heteroatoms. The van der Waals surface area contributed by atoms with E-state index < -0.39 is 11.8 Å². The summed E-state index contributed by atoms with van der Waals surface area (Å²) in [4.78, 5) is 12.4. The van der Waals surface area contributed by atoms with E-state index in [0.717, 1.165) is 6.08 Å². The van der Waals surface area contributed by atoms with Gasteiger partial charge in [-0.2, -0.15) is 0 Å². The van der Waals surface area contributed by atoms with Crippen LogP contribution in [0.1, 0.15) is 19.4 Å². The summed E-state index contributed by atoms with van der Waals surface area (Å²) < 4.78 is 19.3. The van der Waals surface area contributed by atoms with Crippen molar-refractivity contribution in [1.82, 2.24) is 0 Å². The van der Waals surface area contributed by atoms with E-state index in [1.165, 1.54) is 12.1 Å². The maximum Gasteiger partial charge on any atom is 0.328 e. The molecule has 1 aromatic rings. The summed E-state index contributed by atoms with van der Waals surface area (Å²) in [5, 5.41) is 8.65. The van der Waals surface area contributed by atoms with Gasteiger partial charge in [-0.1, -0.05) is 6.07 Å². The molecule has 0 unspecified atom stereocenters. The Morgan fingerprint density at radius 2 is 2.20 bits per heavy atom. The molecule has 1 N–H and O–H groups in total. The maximum absolute atomic E-state index is 13.8. The first-order valence-corrected chi connectivity index (χ1v) is 6.44. The van der Waals surface area contributed by atoms with Crippen molar-refractivity contribution in [3.63, 3.8) is 0 Å². The van der Waals surface area contributed by atoms with Crippen LogP contribution in [0.2, 0.25) is 0 Å². The van der Waals surface area contributed by atoms with Gasteiger partial charge in [-0.05, 0) is 32.1 Å². The lowest BCUT2D eigenvalue weighted by atomic mass is 10.1. The molecule has 0 fully saturated rings. The van der Waals surface area contributed by atoms with Gasteiger partial charge in [-0.25, -0.2) is 9.18 Å². The van der Waals surface area contributed by atoms with Crippen LogP contribution in [-0.4, -0.2) is 37.4 Å². The average Bonchev–Trinajstić information content (AvgIpc) is 2.36. The number of hydrogen-bond acceptors (Lipinski definition) is 3. The van der Waals surface area contributed by atoms with Crippen LogP contribution in [-0.2, 0) is 9.53 Å². The molecule has 0 spiro atoms. The van der Waals surface area contributed by atoms with Gasteiger partial charge in [0.15, 0.2) is 0 Å². The van der Waals surface area contributed by atoms with Gasteiger partial charge in [0.1, 0.15) is 5.82 Å². The number of halogens is 1. The van der Waals surface area contributed by atoms with Gasteiger partial charge in [0.25, 0.3) is 0 Å². The Balaban J connectivity index is 2.87. The second-order valence-corrected chi connectivity index (χ2v) is 4.69. The van der Waals surface area contributed by atoms with Crippen LogP contribution in [0.4, 0.5) is 10.1 Å². The highest BCUT2D eigenvalue weighted by Gasteiger charge is 2.10. The van der Waals surface area contributed by atoms with Crippen LogP contribution >= 0.6 is 0 Å². The summed E-state index contributed by atoms with van der Waals surface area (Å²) in [5.41, 5.74) is 0.900. The van der Waals surface area contributed by atoms with Crippen molar-refractivity contribution >= 4 is 17.7 Å². The molecule has 0 aromatic heterocycles. The summed E-state index contributed by atoms with van der Waals surface area (Å²) in [6.45, 7) is 5.01. The van der Waals surface area contributed by atoms with Gasteiger partial charge >= 0.3 is 5.97 Å².